The van der Waals surface area contributed by atoms with Gasteiger partial charge < -0.3 is 5.11 Å². The molecule has 8 rings (SSSR count). The molecule has 0 unspecified atom stereocenters. The van der Waals surface area contributed by atoms with E-state index in [0.29, 0.717) is 0 Å². The number of carboxylic acid groups (broad SMARTS) is 1. The molecule has 8 aromatic rings. The summed E-state index contributed by atoms with van der Waals surface area (Å²) in [5.74, 6) is -0.979. The Morgan fingerprint density at radius 1 is 0.466 bits per heavy atom. The Labute approximate surface area is 358 Å². The van der Waals surface area contributed by atoms with Gasteiger partial charge >= 0.3 is 33.0 Å². The van der Waals surface area contributed by atoms with Crippen molar-refractivity contribution in [2.45, 2.75) is 33.9 Å². The van der Waals surface area contributed by atoms with Crippen molar-refractivity contribution < 1.29 is 27.2 Å². The van der Waals surface area contributed by atoms with Crippen LogP contribution >= 0.6 is 25.5 Å². The summed E-state index contributed by atoms with van der Waals surface area (Å²) >= 11 is 1.82. The van der Waals surface area contributed by atoms with Crippen molar-refractivity contribution in [3.05, 3.63) is 217 Å². The molecular weight excluding hydrogens is 863 g/mol. The molecule has 0 aliphatic heterocycles. The Kier molecular flexibility index (Phi) is 17.3. The molecule has 0 aliphatic carbocycles. The maximum atomic E-state index is 11.5. The van der Waals surface area contributed by atoms with Gasteiger partial charge in [0.2, 0.25) is 6.17 Å². The van der Waals surface area contributed by atoms with Crippen LogP contribution in [0.15, 0.2) is 194 Å². The van der Waals surface area contributed by atoms with E-state index in [1.54, 1.807) is 0 Å². The Morgan fingerprint density at radius 2 is 0.672 bits per heavy atom. The van der Waals surface area contributed by atoms with Gasteiger partial charge in [0, 0.05) is 11.4 Å². The largest absolute Gasteiger partial charge is 0.102 e. The van der Waals surface area contributed by atoms with Gasteiger partial charge in [-0.3, -0.25) is 0 Å². The number of hydrogen-bond acceptors (Lipinski definition) is 3. The number of nitrogens with zero attached hydrogens (tertiary/aromatic N) is 4. The molecule has 6 nitrogen and oxygen atoms in total. The van der Waals surface area contributed by atoms with Gasteiger partial charge in [0.05, 0.1) is 27.2 Å². The van der Waals surface area contributed by atoms with Crippen LogP contribution < -0.4 is 31.8 Å². The fourth-order valence-electron chi connectivity index (χ4n) is 6.73. The summed E-state index contributed by atoms with van der Waals surface area (Å²) in [5, 5.41) is 26.5. The molecule has 0 aliphatic rings. The van der Waals surface area contributed by atoms with E-state index in [0.717, 1.165) is 22.8 Å². The number of rotatable bonds is 9. The monoisotopic (exact) mass is 911 g/mol. The molecule has 0 radical (unpaired) electrons. The summed E-state index contributed by atoms with van der Waals surface area (Å²) in [4.78, 5) is 11.5. The van der Waals surface area contributed by atoms with E-state index >= 15 is 0 Å². The molecule has 1 N–H and O–H groups in total. The molecule has 58 heavy (non-hydrogen) atoms. The van der Waals surface area contributed by atoms with E-state index in [2.05, 4.69) is 202 Å². The Bertz CT molecular complexity index is 2050. The molecule has 0 fully saturated rings. The molecule has 0 atom stereocenters. The van der Waals surface area contributed by atoms with Crippen LogP contribution in [0.5, 0.6) is 0 Å². The van der Waals surface area contributed by atoms with E-state index in [1.165, 1.54) is 41.2 Å². The predicted molar refractivity (Wildman–Crippen MR) is 244 cm³/mol. The second-order valence-electron chi connectivity index (χ2n) is 13.4. The van der Waals surface area contributed by atoms with Crippen molar-refractivity contribution in [1.29, 1.82) is 0 Å². The number of carboxylic acids is 1. The fraction of sp³-hybridized carbons (Fsp3) is 0.104. The summed E-state index contributed by atoms with van der Waals surface area (Å²) in [6.07, 6.45) is -0.938. The molecule has 0 amide bonds. The first-order valence-electron chi connectivity index (χ1n) is 18.8. The van der Waals surface area contributed by atoms with E-state index in [9.17, 15) is 9.90 Å². The molecule has 0 saturated heterocycles. The molecule has 0 bridgehead atoms. The number of aromatic nitrogens is 4. The van der Waals surface area contributed by atoms with Crippen LogP contribution in [0.2, 0.25) is 0 Å². The van der Waals surface area contributed by atoms with Crippen LogP contribution in [0.25, 0.3) is 0 Å². The van der Waals surface area contributed by atoms with Gasteiger partial charge in [-0.2, -0.15) is 10.2 Å². The number of hydrogen-bond donors (Lipinski definition) is 1. The van der Waals surface area contributed by atoms with Crippen molar-refractivity contribution >= 4 is 63.3 Å². The Hall–Kier alpha value is -5.02. The van der Waals surface area contributed by atoms with E-state index < -0.39 is 28.0 Å². The molecule has 10 heteroatoms. The molecule has 6 aromatic carbocycles. The van der Waals surface area contributed by atoms with Gasteiger partial charge in [-0.1, -0.05) is 109 Å². The summed E-state index contributed by atoms with van der Waals surface area (Å²) in [6, 6.07) is 68.7. The normalized spacial score (nSPS) is 10.5. The zero-order valence-electron chi connectivity index (χ0n) is 32.9. The molecule has 0 saturated carbocycles. The van der Waals surface area contributed by atoms with Crippen LogP contribution in [0.1, 0.15) is 28.9 Å². The van der Waals surface area contributed by atoms with E-state index in [1.807, 2.05) is 57.1 Å². The zero-order valence-corrected chi connectivity index (χ0v) is 37.4. The Morgan fingerprint density at radius 3 is 0.828 bits per heavy atom. The SMILES string of the molecule is Cc1cc(C)n(C(C(=O)O)n2nc(C)cc2C)n1.[Cl][Ru].c1ccc([PH+](c2ccccc2)c2ccccc2)cc1.c1ccc([PH+](c2ccccc2)c2ccccc2)cc1. The standard InChI is InChI=1S/2C18H15P.C12H16N4O2.ClH.Ru/c2*1-4-10-16(11-5-1)19(17-12-6-2-7-13-17)18-14-8-3-9-15-18;1-7-5-9(3)15(13-7)11(12(17)18)16-10(4)6-8(2)14-16;;/h2*1-15H;5-6,11H,1-4H3,(H,17,18);1H;/q;;;;+1/p+1. The topological polar surface area (TPSA) is 72.9 Å². The zero-order chi connectivity index (χ0) is 41.3. The van der Waals surface area contributed by atoms with Crippen LogP contribution in [0.4, 0.5) is 0 Å². The third-order valence-electron chi connectivity index (χ3n) is 9.15. The minimum atomic E-state index is -0.979. The van der Waals surface area contributed by atoms with Crippen LogP contribution in [0.3, 0.4) is 0 Å². The minimum Gasteiger partial charge on any atom is -0.0620 e. The fourth-order valence-corrected chi connectivity index (χ4v) is 11.9. The van der Waals surface area contributed by atoms with Crippen molar-refractivity contribution in [3.63, 3.8) is 0 Å². The van der Waals surface area contributed by atoms with Crippen molar-refractivity contribution in [1.82, 2.24) is 19.6 Å². The van der Waals surface area contributed by atoms with Crippen molar-refractivity contribution in [2.75, 3.05) is 0 Å². The van der Waals surface area contributed by atoms with Crippen LogP contribution in [0, 0.1) is 27.7 Å². The van der Waals surface area contributed by atoms with Gasteiger partial charge in [-0.25, -0.2) is 14.2 Å². The van der Waals surface area contributed by atoms with E-state index in [4.69, 9.17) is 0 Å². The van der Waals surface area contributed by atoms with Gasteiger partial charge in [0.25, 0.3) is 0 Å². The van der Waals surface area contributed by atoms with Gasteiger partial charge in [-0.05, 0) is 113 Å². The smallest absolute Gasteiger partial charge is 0.0620 e. The summed E-state index contributed by atoms with van der Waals surface area (Å²) < 4.78 is 2.97. The average Bonchev–Trinajstić information content (AvgIpc) is 3.78. The van der Waals surface area contributed by atoms with Gasteiger partial charge in [0.15, 0.2) is 0 Å². The summed E-state index contributed by atoms with van der Waals surface area (Å²) in [6.45, 7) is 7.34. The van der Waals surface area contributed by atoms with Crippen LogP contribution in [-0.2, 0) is 22.1 Å². The van der Waals surface area contributed by atoms with Crippen molar-refractivity contribution in [3.8, 4) is 0 Å². The maximum absolute atomic E-state index is 11.5. The third-order valence-corrected chi connectivity index (χ3v) is 14.6. The molecule has 295 valence electrons. The first-order chi connectivity index (χ1) is 28.3. The van der Waals surface area contributed by atoms with Gasteiger partial charge in [-0.15, -0.1) is 0 Å². The molecular formula is C48H48ClN4O2P2Ru+2. The number of benzene rings is 6. The van der Waals surface area contributed by atoms with E-state index in [-0.39, 0.29) is 0 Å². The first-order valence-corrected chi connectivity index (χ1v) is 24.0. The first kappa shape index (κ1) is 44.1. The van der Waals surface area contributed by atoms with Crippen LogP contribution in [-0.4, -0.2) is 30.6 Å². The average molecular weight is 911 g/mol. The summed E-state index contributed by atoms with van der Waals surface area (Å²) in [5.41, 5.74) is 3.18. The maximum Gasteiger partial charge on any atom is 0.102 e. The number of halogens is 1. The second kappa shape index (κ2) is 22.8. The molecule has 2 heterocycles. The summed E-state index contributed by atoms with van der Waals surface area (Å²) in [7, 11) is 2.81. The van der Waals surface area contributed by atoms with Gasteiger partial charge in [0.1, 0.15) is 31.8 Å². The predicted octanol–water partition coefficient (Wildman–Crippen LogP) is 8.49. The number of aliphatic carboxylic acids is 1. The number of carbonyl (C=O) groups is 1. The van der Waals surface area contributed by atoms with Crippen molar-refractivity contribution in [2.24, 2.45) is 0 Å². The third kappa shape index (κ3) is 12.0. The second-order valence-corrected chi connectivity index (χ2v) is 18.4. The molecule has 2 aromatic heterocycles. The minimum absolute atomic E-state index is 0.792. The number of aryl methyl sites for hydroxylation is 4. The Balaban J connectivity index is 0.000000162. The molecule has 0 spiro atoms. The quantitative estimate of drug-likeness (QED) is 0.117.